The molecular weight excluding hydrogens is 254 g/mol. The quantitative estimate of drug-likeness (QED) is 0.805. The molecule has 0 aliphatic heterocycles. The number of hydrogen-bond donors (Lipinski definition) is 1. The maximum absolute atomic E-state index is 12.3. The lowest BCUT2D eigenvalue weighted by Gasteiger charge is -2.23. The first-order valence-electron chi connectivity index (χ1n) is 7.81. The molecule has 4 nitrogen and oxygen atoms in total. The number of nitrogens with one attached hydrogen (secondary N) is 1. The van der Waals surface area contributed by atoms with E-state index in [2.05, 4.69) is 5.32 Å². The number of ether oxygens (including phenoxy) is 1. The molecule has 0 spiro atoms. The van der Waals surface area contributed by atoms with Crippen molar-refractivity contribution in [3.63, 3.8) is 0 Å². The van der Waals surface area contributed by atoms with Crippen LogP contribution in [0.25, 0.3) is 0 Å². The molecule has 3 saturated carbocycles. The van der Waals surface area contributed by atoms with E-state index < -0.39 is 11.6 Å². The van der Waals surface area contributed by atoms with Gasteiger partial charge in [0, 0.05) is 5.92 Å². The van der Waals surface area contributed by atoms with Crippen LogP contribution in [-0.4, -0.2) is 23.5 Å². The Kier molecular flexibility index (Phi) is 3.11. The number of hydrogen-bond acceptors (Lipinski definition) is 3. The average Bonchev–Trinajstić information content (AvgIpc) is 2.77. The highest BCUT2D eigenvalue weighted by molar-refractivity contribution is 5.88. The molecule has 3 aliphatic carbocycles. The molecule has 2 bridgehead atoms. The normalized spacial score (nSPS) is 39.1. The molecule has 0 radical (unpaired) electrons. The highest BCUT2D eigenvalue weighted by Gasteiger charge is 2.67. The molecule has 20 heavy (non-hydrogen) atoms. The number of carbonyl (C=O) groups is 2. The minimum absolute atomic E-state index is 0.0648. The van der Waals surface area contributed by atoms with Gasteiger partial charge in [0.05, 0.1) is 0 Å². The maximum Gasteiger partial charge on any atom is 0.328 e. The fourth-order valence-electron chi connectivity index (χ4n) is 4.43. The van der Waals surface area contributed by atoms with Gasteiger partial charge >= 0.3 is 5.97 Å². The lowest BCUT2D eigenvalue weighted by Crippen LogP contribution is -2.43. The first kappa shape index (κ1) is 13.9. The summed E-state index contributed by atoms with van der Waals surface area (Å²) in [6.07, 6.45) is 3.94. The van der Waals surface area contributed by atoms with Gasteiger partial charge < -0.3 is 10.1 Å². The molecule has 3 rings (SSSR count). The number of esters is 1. The molecule has 1 amide bonds. The van der Waals surface area contributed by atoms with E-state index in [1.165, 1.54) is 19.3 Å². The Morgan fingerprint density at radius 2 is 1.70 bits per heavy atom. The van der Waals surface area contributed by atoms with Gasteiger partial charge in [-0.05, 0) is 70.6 Å². The molecule has 0 aromatic heterocycles. The maximum atomic E-state index is 12.3. The van der Waals surface area contributed by atoms with Gasteiger partial charge in [-0.15, -0.1) is 0 Å². The van der Waals surface area contributed by atoms with Gasteiger partial charge in [0.1, 0.15) is 11.6 Å². The zero-order valence-electron chi connectivity index (χ0n) is 12.8. The Bertz CT molecular complexity index is 423. The molecule has 4 unspecified atom stereocenters. The lowest BCUT2D eigenvalue weighted by atomic mass is 10.0. The predicted octanol–water partition coefficient (Wildman–Crippen LogP) is 2.12. The van der Waals surface area contributed by atoms with Crippen molar-refractivity contribution in [3.8, 4) is 0 Å². The number of amides is 1. The third-order valence-corrected chi connectivity index (χ3v) is 5.16. The van der Waals surface area contributed by atoms with Crippen molar-refractivity contribution in [2.45, 2.75) is 58.6 Å². The third-order valence-electron chi connectivity index (χ3n) is 5.16. The Hall–Kier alpha value is -1.06. The van der Waals surface area contributed by atoms with Crippen LogP contribution in [0.4, 0.5) is 0 Å². The van der Waals surface area contributed by atoms with Crippen molar-refractivity contribution >= 4 is 11.9 Å². The summed E-state index contributed by atoms with van der Waals surface area (Å²) in [4.78, 5) is 24.2. The minimum atomic E-state index is -0.555. The van der Waals surface area contributed by atoms with Crippen LogP contribution in [0.1, 0.15) is 47.0 Å². The zero-order valence-corrected chi connectivity index (χ0v) is 12.8. The molecule has 1 N–H and O–H groups in total. The molecule has 3 aliphatic rings. The summed E-state index contributed by atoms with van der Waals surface area (Å²) in [5.74, 6) is 2.66. The average molecular weight is 279 g/mol. The van der Waals surface area contributed by atoms with Crippen molar-refractivity contribution in [3.05, 3.63) is 0 Å². The van der Waals surface area contributed by atoms with Gasteiger partial charge in [-0.3, -0.25) is 4.79 Å². The minimum Gasteiger partial charge on any atom is -0.458 e. The van der Waals surface area contributed by atoms with Crippen LogP contribution >= 0.6 is 0 Å². The van der Waals surface area contributed by atoms with Crippen molar-refractivity contribution in [2.24, 2.45) is 29.6 Å². The molecule has 5 atom stereocenters. The molecule has 0 heterocycles. The van der Waals surface area contributed by atoms with Gasteiger partial charge in [-0.1, -0.05) is 0 Å². The number of fused-ring (bicyclic) bond motifs is 5. The van der Waals surface area contributed by atoms with Gasteiger partial charge in [-0.2, -0.15) is 0 Å². The van der Waals surface area contributed by atoms with Gasteiger partial charge in [-0.25, -0.2) is 4.79 Å². The van der Waals surface area contributed by atoms with E-state index in [1.807, 2.05) is 20.8 Å². The van der Waals surface area contributed by atoms with Crippen molar-refractivity contribution in [1.82, 2.24) is 5.32 Å². The smallest absolute Gasteiger partial charge is 0.328 e. The number of rotatable bonds is 3. The van der Waals surface area contributed by atoms with E-state index in [1.54, 1.807) is 6.92 Å². The van der Waals surface area contributed by atoms with E-state index >= 15 is 0 Å². The molecule has 0 aromatic rings. The van der Waals surface area contributed by atoms with Crippen molar-refractivity contribution < 1.29 is 14.3 Å². The summed E-state index contributed by atoms with van der Waals surface area (Å²) >= 11 is 0. The van der Waals surface area contributed by atoms with Crippen molar-refractivity contribution in [1.29, 1.82) is 0 Å². The predicted molar refractivity (Wildman–Crippen MR) is 74.8 cm³/mol. The topological polar surface area (TPSA) is 55.4 Å². The van der Waals surface area contributed by atoms with Crippen LogP contribution in [0, 0.1) is 29.6 Å². The molecule has 0 aromatic carbocycles. The molecule has 0 saturated heterocycles. The zero-order chi connectivity index (χ0) is 14.7. The highest BCUT2D eigenvalue weighted by atomic mass is 16.6. The van der Waals surface area contributed by atoms with E-state index in [4.69, 9.17) is 4.74 Å². The highest BCUT2D eigenvalue weighted by Crippen LogP contribution is 2.69. The van der Waals surface area contributed by atoms with Gasteiger partial charge in [0.2, 0.25) is 5.91 Å². The SMILES string of the molecule is C[C@@H](NC(=O)C1C2C3CCC(C3)C12)C(=O)OC(C)(C)C. The van der Waals surface area contributed by atoms with E-state index in [9.17, 15) is 9.59 Å². The molecular formula is C16H25NO3. The van der Waals surface area contributed by atoms with Crippen LogP contribution in [0.3, 0.4) is 0 Å². The fourth-order valence-corrected chi connectivity index (χ4v) is 4.43. The third kappa shape index (κ3) is 2.33. The second-order valence-corrected chi connectivity index (χ2v) is 7.78. The van der Waals surface area contributed by atoms with Crippen molar-refractivity contribution in [2.75, 3.05) is 0 Å². The summed E-state index contributed by atoms with van der Waals surface area (Å²) < 4.78 is 5.30. The second kappa shape index (κ2) is 4.47. The molecule has 4 heteroatoms. The summed E-state index contributed by atoms with van der Waals surface area (Å²) in [5.41, 5.74) is -0.509. The summed E-state index contributed by atoms with van der Waals surface area (Å²) in [6, 6.07) is -0.555. The fraction of sp³-hybridized carbons (Fsp3) is 0.875. The van der Waals surface area contributed by atoms with Crippen LogP contribution < -0.4 is 5.32 Å². The Morgan fingerprint density at radius 3 is 2.20 bits per heavy atom. The van der Waals surface area contributed by atoms with Crippen LogP contribution in [-0.2, 0) is 14.3 Å². The Morgan fingerprint density at radius 1 is 1.15 bits per heavy atom. The number of carbonyl (C=O) groups excluding carboxylic acids is 2. The molecule has 112 valence electrons. The first-order valence-corrected chi connectivity index (χ1v) is 7.81. The first-order chi connectivity index (χ1) is 9.28. The van der Waals surface area contributed by atoms with E-state index in [0.29, 0.717) is 11.8 Å². The summed E-state index contributed by atoms with van der Waals surface area (Å²) in [7, 11) is 0. The summed E-state index contributed by atoms with van der Waals surface area (Å²) in [6.45, 7) is 7.21. The van der Waals surface area contributed by atoms with E-state index in [0.717, 1.165) is 11.8 Å². The largest absolute Gasteiger partial charge is 0.458 e. The van der Waals surface area contributed by atoms with Crippen LogP contribution in [0.15, 0.2) is 0 Å². The monoisotopic (exact) mass is 279 g/mol. The van der Waals surface area contributed by atoms with Gasteiger partial charge in [0.25, 0.3) is 0 Å². The standard InChI is InChI=1S/C16H25NO3/c1-8(15(19)20-16(2,3)4)17-14(18)13-11-9-5-6-10(7-9)12(11)13/h8-13H,5-7H2,1-4H3,(H,17,18)/t8-,9?,10?,11?,12?,13?/m1/s1. The van der Waals surface area contributed by atoms with Crippen LogP contribution in [0.5, 0.6) is 0 Å². The Balaban J connectivity index is 1.52. The Labute approximate surface area is 120 Å². The summed E-state index contributed by atoms with van der Waals surface area (Å²) in [5, 5.41) is 2.85. The lowest BCUT2D eigenvalue weighted by molar-refractivity contribution is -0.158. The van der Waals surface area contributed by atoms with Crippen LogP contribution in [0.2, 0.25) is 0 Å². The van der Waals surface area contributed by atoms with Gasteiger partial charge in [0.15, 0.2) is 0 Å². The van der Waals surface area contributed by atoms with E-state index in [-0.39, 0.29) is 17.8 Å². The molecule has 3 fully saturated rings. The second-order valence-electron chi connectivity index (χ2n) is 7.78.